The number of methoxy groups -OCH3 is 1. The standard InChI is InChI=1S/C20H23NO3S/c1-5-8-13(2)19-21-18(12-25-19)14(3)15-9-6-7-10-16(15)17(11-24-4)20(22)23/h6-7,9-13H,3,5,8H2,1-2,4H3,(H,22,23). The highest BCUT2D eigenvalue weighted by molar-refractivity contribution is 7.09. The third-order valence-electron chi connectivity index (χ3n) is 3.98. The fraction of sp³-hybridized carbons (Fsp3) is 0.300. The zero-order valence-electron chi connectivity index (χ0n) is 14.8. The maximum Gasteiger partial charge on any atom is 0.339 e. The SMILES string of the molecule is C=C(c1csc(C(C)CCC)n1)c1ccccc1C(=COC)C(=O)O. The highest BCUT2D eigenvalue weighted by Crippen LogP contribution is 2.32. The summed E-state index contributed by atoms with van der Waals surface area (Å²) in [7, 11) is 1.43. The zero-order valence-corrected chi connectivity index (χ0v) is 15.6. The molecule has 1 atom stereocenters. The van der Waals surface area contributed by atoms with Gasteiger partial charge in [0.1, 0.15) is 5.57 Å². The summed E-state index contributed by atoms with van der Waals surface area (Å²) in [4.78, 5) is 16.3. The third kappa shape index (κ3) is 4.37. The molecule has 5 heteroatoms. The van der Waals surface area contributed by atoms with Crippen LogP contribution in [0.3, 0.4) is 0 Å². The van der Waals surface area contributed by atoms with Gasteiger partial charge in [0.2, 0.25) is 0 Å². The number of nitrogens with zero attached hydrogens (tertiary/aromatic N) is 1. The Kier molecular flexibility index (Phi) is 6.53. The first-order valence-corrected chi connectivity index (χ1v) is 9.08. The van der Waals surface area contributed by atoms with E-state index in [1.807, 2.05) is 17.5 Å². The van der Waals surface area contributed by atoms with Gasteiger partial charge in [-0.25, -0.2) is 9.78 Å². The first-order valence-electron chi connectivity index (χ1n) is 8.20. The number of carboxylic acids is 1. The van der Waals surface area contributed by atoms with Crippen molar-refractivity contribution in [2.75, 3.05) is 7.11 Å². The molecule has 0 amide bonds. The fourth-order valence-corrected chi connectivity index (χ4v) is 3.60. The molecule has 0 spiro atoms. The van der Waals surface area contributed by atoms with Crippen LogP contribution in [0.4, 0.5) is 0 Å². The second-order valence-corrected chi connectivity index (χ2v) is 6.75. The molecule has 0 saturated carbocycles. The molecule has 2 rings (SSSR count). The highest BCUT2D eigenvalue weighted by atomic mass is 32.1. The summed E-state index contributed by atoms with van der Waals surface area (Å²) in [5, 5.41) is 12.6. The third-order valence-corrected chi connectivity index (χ3v) is 5.06. The van der Waals surface area contributed by atoms with Crippen molar-refractivity contribution in [3.05, 3.63) is 64.3 Å². The van der Waals surface area contributed by atoms with Crippen LogP contribution in [0.5, 0.6) is 0 Å². The normalized spacial score (nSPS) is 12.7. The molecule has 1 N–H and O–H groups in total. The highest BCUT2D eigenvalue weighted by Gasteiger charge is 2.19. The first kappa shape index (κ1) is 18.9. The van der Waals surface area contributed by atoms with E-state index in [1.54, 1.807) is 23.5 Å². The molecular formula is C20H23NO3S. The van der Waals surface area contributed by atoms with Gasteiger partial charge in [0.25, 0.3) is 0 Å². The van der Waals surface area contributed by atoms with Crippen molar-refractivity contribution < 1.29 is 14.6 Å². The molecule has 1 aromatic heterocycles. The molecule has 132 valence electrons. The molecule has 0 aliphatic heterocycles. The Bertz CT molecular complexity index is 792. The van der Waals surface area contributed by atoms with Crippen LogP contribution in [0.15, 0.2) is 42.5 Å². The second-order valence-electron chi connectivity index (χ2n) is 5.86. The lowest BCUT2D eigenvalue weighted by Crippen LogP contribution is -2.04. The van der Waals surface area contributed by atoms with Gasteiger partial charge in [-0.05, 0) is 17.5 Å². The molecule has 0 saturated heterocycles. The van der Waals surface area contributed by atoms with Gasteiger partial charge in [0.05, 0.1) is 24.1 Å². The molecule has 25 heavy (non-hydrogen) atoms. The van der Waals surface area contributed by atoms with Crippen LogP contribution in [0.1, 0.15) is 54.4 Å². The summed E-state index contributed by atoms with van der Waals surface area (Å²) >= 11 is 1.62. The summed E-state index contributed by atoms with van der Waals surface area (Å²) in [6, 6.07) is 7.28. The topological polar surface area (TPSA) is 59.4 Å². The maximum absolute atomic E-state index is 11.6. The molecule has 2 aromatic rings. The number of hydrogen-bond donors (Lipinski definition) is 1. The van der Waals surface area contributed by atoms with E-state index < -0.39 is 5.97 Å². The van der Waals surface area contributed by atoms with E-state index in [1.165, 1.54) is 13.4 Å². The minimum Gasteiger partial charge on any atom is -0.503 e. The minimum absolute atomic E-state index is 0.0917. The molecule has 0 aliphatic rings. The summed E-state index contributed by atoms with van der Waals surface area (Å²) < 4.78 is 4.94. The number of ether oxygens (including phenoxy) is 1. The van der Waals surface area contributed by atoms with E-state index in [9.17, 15) is 9.90 Å². The van der Waals surface area contributed by atoms with Crippen molar-refractivity contribution in [1.82, 2.24) is 4.98 Å². The largest absolute Gasteiger partial charge is 0.503 e. The Morgan fingerprint density at radius 3 is 2.68 bits per heavy atom. The van der Waals surface area contributed by atoms with Crippen LogP contribution < -0.4 is 0 Å². The molecule has 1 aromatic carbocycles. The minimum atomic E-state index is -1.04. The molecule has 1 unspecified atom stereocenters. The van der Waals surface area contributed by atoms with Crippen molar-refractivity contribution in [2.45, 2.75) is 32.6 Å². The number of aromatic nitrogens is 1. The van der Waals surface area contributed by atoms with Gasteiger partial charge < -0.3 is 9.84 Å². The Labute approximate surface area is 152 Å². The average Bonchev–Trinajstić information content (AvgIpc) is 3.09. The van der Waals surface area contributed by atoms with Crippen LogP contribution in [0, 0.1) is 0 Å². The van der Waals surface area contributed by atoms with E-state index in [-0.39, 0.29) is 5.57 Å². The lowest BCUT2D eigenvalue weighted by Gasteiger charge is -2.11. The predicted octanol–water partition coefficient (Wildman–Crippen LogP) is 5.18. The van der Waals surface area contributed by atoms with Gasteiger partial charge in [0, 0.05) is 16.9 Å². The van der Waals surface area contributed by atoms with Crippen molar-refractivity contribution >= 4 is 28.5 Å². The first-order chi connectivity index (χ1) is 12.0. The monoisotopic (exact) mass is 357 g/mol. The van der Waals surface area contributed by atoms with E-state index in [2.05, 4.69) is 20.4 Å². The summed E-state index contributed by atoms with van der Waals surface area (Å²) in [5.41, 5.74) is 2.91. The average molecular weight is 357 g/mol. The summed E-state index contributed by atoms with van der Waals surface area (Å²) in [6.45, 7) is 8.50. The number of carboxylic acid groups (broad SMARTS) is 1. The number of hydrogen-bond acceptors (Lipinski definition) is 4. The second kappa shape index (κ2) is 8.62. The molecule has 1 heterocycles. The van der Waals surface area contributed by atoms with Crippen molar-refractivity contribution in [1.29, 1.82) is 0 Å². The number of thiazole rings is 1. The Hall–Kier alpha value is -2.40. The molecular weight excluding hydrogens is 334 g/mol. The molecule has 0 fully saturated rings. The van der Waals surface area contributed by atoms with Gasteiger partial charge in [-0.1, -0.05) is 51.1 Å². The van der Waals surface area contributed by atoms with Crippen LogP contribution in [-0.2, 0) is 9.53 Å². The lowest BCUT2D eigenvalue weighted by atomic mass is 9.94. The van der Waals surface area contributed by atoms with Gasteiger partial charge in [-0.2, -0.15) is 0 Å². The van der Waals surface area contributed by atoms with Crippen molar-refractivity contribution in [2.24, 2.45) is 0 Å². The van der Waals surface area contributed by atoms with Crippen molar-refractivity contribution in [3.8, 4) is 0 Å². The number of carbonyl (C=O) groups is 1. The number of benzene rings is 1. The molecule has 0 bridgehead atoms. The predicted molar refractivity (Wildman–Crippen MR) is 103 cm³/mol. The quantitative estimate of drug-likeness (QED) is 0.522. The smallest absolute Gasteiger partial charge is 0.339 e. The lowest BCUT2D eigenvalue weighted by molar-refractivity contribution is -0.130. The van der Waals surface area contributed by atoms with E-state index >= 15 is 0 Å². The Balaban J connectivity index is 2.41. The maximum atomic E-state index is 11.6. The van der Waals surface area contributed by atoms with E-state index in [0.717, 1.165) is 29.1 Å². The van der Waals surface area contributed by atoms with Crippen LogP contribution in [0.2, 0.25) is 0 Å². The van der Waals surface area contributed by atoms with Gasteiger partial charge in [0.15, 0.2) is 0 Å². The van der Waals surface area contributed by atoms with Crippen LogP contribution in [-0.4, -0.2) is 23.2 Å². The van der Waals surface area contributed by atoms with Gasteiger partial charge in [-0.3, -0.25) is 0 Å². The van der Waals surface area contributed by atoms with Crippen molar-refractivity contribution in [3.63, 3.8) is 0 Å². The van der Waals surface area contributed by atoms with E-state index in [0.29, 0.717) is 17.1 Å². The number of rotatable bonds is 8. The Morgan fingerprint density at radius 1 is 1.40 bits per heavy atom. The zero-order chi connectivity index (χ0) is 18.4. The molecule has 4 nitrogen and oxygen atoms in total. The van der Waals surface area contributed by atoms with Crippen LogP contribution >= 0.6 is 11.3 Å². The van der Waals surface area contributed by atoms with Gasteiger partial charge >= 0.3 is 5.97 Å². The molecule has 0 radical (unpaired) electrons. The Morgan fingerprint density at radius 2 is 2.08 bits per heavy atom. The summed E-state index contributed by atoms with van der Waals surface area (Å²) in [6.07, 6.45) is 3.45. The van der Waals surface area contributed by atoms with Crippen LogP contribution in [0.25, 0.3) is 11.1 Å². The van der Waals surface area contributed by atoms with E-state index in [4.69, 9.17) is 9.72 Å². The number of aliphatic carboxylic acids is 1. The summed E-state index contributed by atoms with van der Waals surface area (Å²) in [5.74, 6) is -0.632. The van der Waals surface area contributed by atoms with Gasteiger partial charge in [-0.15, -0.1) is 11.3 Å². The molecule has 0 aliphatic carbocycles. The fourth-order valence-electron chi connectivity index (χ4n) is 2.68.